The molecule has 0 aliphatic carbocycles. The van der Waals surface area contributed by atoms with Crippen LogP contribution in [0.25, 0.3) is 0 Å². The zero-order valence-corrected chi connectivity index (χ0v) is 12.0. The Labute approximate surface area is 125 Å². The van der Waals surface area contributed by atoms with Crippen LogP contribution in [0.15, 0.2) is 24.3 Å². The van der Waals surface area contributed by atoms with Gasteiger partial charge in [0.15, 0.2) is 10.2 Å². The molecular weight excluding hydrogens is 338 g/mol. The van der Waals surface area contributed by atoms with E-state index in [-0.39, 0.29) is 5.56 Å². The Kier molecular flexibility index (Phi) is 4.47. The molecule has 0 saturated carbocycles. The molecule has 1 atom stereocenters. The van der Waals surface area contributed by atoms with Gasteiger partial charge in [-0.15, -0.1) is 23.5 Å². The number of thioether (sulfide) groups is 2. The van der Waals surface area contributed by atoms with Crippen molar-refractivity contribution in [3.8, 4) is 0 Å². The zero-order valence-electron chi connectivity index (χ0n) is 10.3. The van der Waals surface area contributed by atoms with Crippen LogP contribution in [-0.2, 0) is 4.08 Å². The lowest BCUT2D eigenvalue weighted by atomic mass is 10.0. The monoisotopic (exact) mass is 348 g/mol. The predicted octanol–water partition coefficient (Wildman–Crippen LogP) is 4.48. The van der Waals surface area contributed by atoms with Gasteiger partial charge in [-0.25, -0.2) is 0 Å². The molecule has 0 unspecified atom stereocenters. The van der Waals surface area contributed by atoms with Crippen LogP contribution in [0.2, 0.25) is 0 Å². The average molecular weight is 348 g/mol. The summed E-state index contributed by atoms with van der Waals surface area (Å²) in [5.41, 5.74) is -0.586. The Morgan fingerprint density at radius 2 is 1.43 bits per heavy atom. The third-order valence-corrected chi connectivity index (χ3v) is 6.51. The summed E-state index contributed by atoms with van der Waals surface area (Å²) in [6.45, 7) is 0. The Balaban J connectivity index is 2.34. The van der Waals surface area contributed by atoms with E-state index in [1.807, 2.05) is 0 Å². The Bertz CT molecular complexity index is 490. The molecule has 0 radical (unpaired) electrons. The molecule has 0 spiro atoms. The predicted molar refractivity (Wildman–Crippen MR) is 70.1 cm³/mol. The number of aliphatic hydroxyl groups is 1. The fourth-order valence-electron chi connectivity index (χ4n) is 1.98. The number of halogens is 6. The molecule has 1 fully saturated rings. The van der Waals surface area contributed by atoms with Crippen LogP contribution >= 0.6 is 23.5 Å². The van der Waals surface area contributed by atoms with Gasteiger partial charge in [0.1, 0.15) is 0 Å². The smallest absolute Gasteiger partial charge is 0.379 e. The van der Waals surface area contributed by atoms with Crippen LogP contribution in [0, 0.1) is 0 Å². The van der Waals surface area contributed by atoms with E-state index in [4.69, 9.17) is 5.11 Å². The first-order chi connectivity index (χ1) is 9.58. The van der Waals surface area contributed by atoms with E-state index >= 15 is 0 Å². The quantitative estimate of drug-likeness (QED) is 0.796. The number of aliphatic hydroxyl groups excluding tert-OH is 1. The summed E-state index contributed by atoms with van der Waals surface area (Å²) in [5, 5.41) is 9.08. The first-order valence-corrected chi connectivity index (χ1v) is 7.75. The van der Waals surface area contributed by atoms with Gasteiger partial charge in [-0.1, -0.05) is 24.3 Å². The number of hydrogen-bond donors (Lipinski definition) is 1. The van der Waals surface area contributed by atoms with Crippen molar-refractivity contribution in [2.75, 3.05) is 11.5 Å². The maximum atomic E-state index is 13.3. The van der Waals surface area contributed by atoms with Crippen molar-refractivity contribution in [2.45, 2.75) is 22.5 Å². The van der Waals surface area contributed by atoms with E-state index in [1.165, 1.54) is 0 Å². The first kappa shape index (κ1) is 16.8. The van der Waals surface area contributed by atoms with Crippen molar-refractivity contribution in [3.63, 3.8) is 0 Å². The topological polar surface area (TPSA) is 20.2 Å². The molecule has 1 aliphatic rings. The zero-order chi connectivity index (χ0) is 15.9. The van der Waals surface area contributed by atoms with Crippen LogP contribution < -0.4 is 0 Å². The molecule has 118 valence electrons. The van der Waals surface area contributed by atoms with Crippen molar-refractivity contribution in [1.82, 2.24) is 0 Å². The number of benzene rings is 1. The van der Waals surface area contributed by atoms with Gasteiger partial charge >= 0.3 is 12.4 Å². The minimum absolute atomic E-state index is 0.111. The first-order valence-electron chi connectivity index (χ1n) is 5.78. The summed E-state index contributed by atoms with van der Waals surface area (Å²) < 4.78 is 74.8. The van der Waals surface area contributed by atoms with Crippen LogP contribution in [0.3, 0.4) is 0 Å². The molecule has 0 aromatic heterocycles. The fraction of sp³-hybridized carbons (Fsp3) is 0.500. The minimum atomic E-state index is -4.85. The van der Waals surface area contributed by atoms with Gasteiger partial charge in [-0.05, 0) is 11.1 Å². The molecule has 1 saturated heterocycles. The molecule has 9 heteroatoms. The van der Waals surface area contributed by atoms with E-state index in [1.54, 1.807) is 0 Å². The highest BCUT2D eigenvalue weighted by Gasteiger charge is 2.59. The molecule has 1 aromatic carbocycles. The summed E-state index contributed by atoms with van der Waals surface area (Å²) in [6, 6.07) is 3.78. The minimum Gasteiger partial charge on any atom is -0.379 e. The Morgan fingerprint density at radius 3 is 1.81 bits per heavy atom. The van der Waals surface area contributed by atoms with Gasteiger partial charge in [0.2, 0.25) is 0 Å². The van der Waals surface area contributed by atoms with Gasteiger partial charge in [-0.2, -0.15) is 26.3 Å². The lowest BCUT2D eigenvalue weighted by Gasteiger charge is -2.30. The van der Waals surface area contributed by atoms with Crippen molar-refractivity contribution in [3.05, 3.63) is 35.4 Å². The van der Waals surface area contributed by atoms with Gasteiger partial charge in [-0.3, -0.25) is 0 Å². The molecule has 1 nitrogen and oxygen atoms in total. The molecular formula is C12H10F6OS2. The lowest BCUT2D eigenvalue weighted by Crippen LogP contribution is -2.34. The van der Waals surface area contributed by atoms with E-state index in [9.17, 15) is 26.3 Å². The van der Waals surface area contributed by atoms with Crippen LogP contribution in [0.4, 0.5) is 26.3 Å². The van der Waals surface area contributed by atoms with Crippen molar-refractivity contribution >= 4 is 23.5 Å². The largest absolute Gasteiger partial charge is 0.418 e. The number of hydrogen-bond acceptors (Lipinski definition) is 3. The van der Waals surface area contributed by atoms with E-state index in [0.717, 1.165) is 47.8 Å². The molecule has 0 amide bonds. The van der Waals surface area contributed by atoms with Crippen molar-refractivity contribution in [1.29, 1.82) is 0 Å². The number of alkyl halides is 6. The lowest BCUT2D eigenvalue weighted by molar-refractivity contribution is -0.206. The van der Waals surface area contributed by atoms with E-state index in [0.29, 0.717) is 11.5 Å². The van der Waals surface area contributed by atoms with E-state index in [2.05, 4.69) is 0 Å². The molecule has 1 N–H and O–H groups in total. The maximum absolute atomic E-state index is 13.3. The fourth-order valence-corrected chi connectivity index (χ4v) is 4.99. The second-order valence-electron chi connectivity index (χ2n) is 4.38. The summed E-state index contributed by atoms with van der Waals surface area (Å²) in [4.78, 5) is 0. The van der Waals surface area contributed by atoms with Gasteiger partial charge in [0.25, 0.3) is 0 Å². The second-order valence-corrected chi connectivity index (χ2v) is 7.25. The summed E-state index contributed by atoms with van der Waals surface area (Å²) in [6.07, 6.45) is -12.1. The summed E-state index contributed by atoms with van der Waals surface area (Å²) in [7, 11) is 0. The Morgan fingerprint density at radius 1 is 0.952 bits per heavy atom. The molecule has 21 heavy (non-hydrogen) atoms. The normalized spacial score (nSPS) is 20.5. The molecule has 1 heterocycles. The van der Waals surface area contributed by atoms with Crippen LogP contribution in [-0.4, -0.2) is 29.0 Å². The summed E-state index contributed by atoms with van der Waals surface area (Å²) in [5.74, 6) is 0.633. The van der Waals surface area contributed by atoms with Crippen LogP contribution in [0.5, 0.6) is 0 Å². The third-order valence-electron chi connectivity index (χ3n) is 2.98. The highest BCUT2D eigenvalue weighted by Crippen LogP contribution is 2.60. The Hall–Kier alpha value is -0.540. The van der Waals surface area contributed by atoms with Gasteiger partial charge in [0, 0.05) is 11.5 Å². The maximum Gasteiger partial charge on any atom is 0.418 e. The second kappa shape index (κ2) is 5.58. The molecule has 1 aliphatic heterocycles. The third kappa shape index (κ3) is 3.14. The number of rotatable bonds is 2. The average Bonchev–Trinajstić information content (AvgIpc) is 2.87. The van der Waals surface area contributed by atoms with Gasteiger partial charge in [0.05, 0.1) is 0 Å². The van der Waals surface area contributed by atoms with Crippen LogP contribution in [0.1, 0.15) is 17.2 Å². The van der Waals surface area contributed by atoms with Crippen molar-refractivity contribution in [2.24, 2.45) is 0 Å². The standard InChI is InChI=1S/C12H10F6OS2/c13-11(14,15)9(19)7-1-3-8(4-2-7)10(12(16,17)18)20-5-6-21-10/h1-4,9,19H,5-6H2/t9-/m1/s1. The SMILES string of the molecule is O[C@H](c1ccc(C2(C(F)(F)F)SCCS2)cc1)C(F)(F)F. The summed E-state index contributed by atoms with van der Waals surface area (Å²) >= 11 is 1.45. The van der Waals surface area contributed by atoms with E-state index < -0.39 is 28.1 Å². The van der Waals surface area contributed by atoms with Crippen molar-refractivity contribution < 1.29 is 31.4 Å². The molecule has 0 bridgehead atoms. The molecule has 1 aromatic rings. The molecule has 2 rings (SSSR count). The van der Waals surface area contributed by atoms with Gasteiger partial charge < -0.3 is 5.11 Å². The highest BCUT2D eigenvalue weighted by molar-refractivity contribution is 8.20. The highest BCUT2D eigenvalue weighted by atomic mass is 32.2.